The van der Waals surface area contributed by atoms with Crippen molar-refractivity contribution in [2.45, 2.75) is 77.5 Å². The molecule has 0 amide bonds. The molecule has 0 radical (unpaired) electrons. The molecule has 0 spiro atoms. The highest BCUT2D eigenvalue weighted by Crippen LogP contribution is 2.53. The first-order chi connectivity index (χ1) is 16.3. The number of hydrogen-bond donors (Lipinski definition) is 1. The number of rotatable bonds is 4. The van der Waals surface area contributed by atoms with Gasteiger partial charge in [-0.2, -0.15) is 0 Å². The van der Waals surface area contributed by atoms with Crippen molar-refractivity contribution in [3.63, 3.8) is 0 Å². The van der Waals surface area contributed by atoms with Crippen molar-refractivity contribution in [3.8, 4) is 11.5 Å². The molecule has 1 heterocycles. The van der Waals surface area contributed by atoms with Crippen LogP contribution >= 0.6 is 0 Å². The van der Waals surface area contributed by atoms with Gasteiger partial charge in [-0.1, -0.05) is 31.2 Å². The highest BCUT2D eigenvalue weighted by molar-refractivity contribution is 5.53. The molecule has 1 aliphatic carbocycles. The summed E-state index contributed by atoms with van der Waals surface area (Å²) in [5, 5.41) is 11.1. The van der Waals surface area contributed by atoms with Gasteiger partial charge in [0.25, 0.3) is 0 Å². The summed E-state index contributed by atoms with van der Waals surface area (Å²) in [7, 11) is 0. The quantitative estimate of drug-likeness (QED) is 0.715. The van der Waals surface area contributed by atoms with Gasteiger partial charge in [-0.15, -0.1) is 0 Å². The summed E-state index contributed by atoms with van der Waals surface area (Å²) in [5.74, 6) is -3.59. The fourth-order valence-electron chi connectivity index (χ4n) is 3.30. The van der Waals surface area contributed by atoms with E-state index in [-0.39, 0.29) is 5.56 Å². The highest BCUT2D eigenvalue weighted by atomic mass is 16.5. The molecule has 23 heavy (non-hydrogen) atoms. The van der Waals surface area contributed by atoms with Crippen molar-refractivity contribution in [1.82, 2.24) is 0 Å². The fraction of sp³-hybridized carbons (Fsp3) is 0.619. The van der Waals surface area contributed by atoms with Crippen LogP contribution in [0.25, 0.3) is 0 Å². The van der Waals surface area contributed by atoms with Gasteiger partial charge in [0, 0.05) is 33.8 Å². The smallest absolute Gasteiger partial charge is 0.127 e. The van der Waals surface area contributed by atoms with Gasteiger partial charge in [-0.25, -0.2) is 0 Å². The van der Waals surface area contributed by atoms with E-state index in [4.69, 9.17) is 22.6 Å². The molecule has 126 valence electrons. The van der Waals surface area contributed by atoms with E-state index in [0.29, 0.717) is 12.8 Å². The van der Waals surface area contributed by atoms with E-state index in [0.717, 1.165) is 5.57 Å². The van der Waals surface area contributed by atoms with Crippen LogP contribution in [0, 0.1) is 5.92 Å². The second kappa shape index (κ2) is 6.22. The zero-order valence-corrected chi connectivity index (χ0v) is 13.4. The van der Waals surface area contributed by atoms with Crippen LogP contribution in [0.5, 0.6) is 11.5 Å². The van der Waals surface area contributed by atoms with Gasteiger partial charge >= 0.3 is 0 Å². The van der Waals surface area contributed by atoms with E-state index in [9.17, 15) is 6.48 Å². The van der Waals surface area contributed by atoms with Crippen molar-refractivity contribution in [2.75, 3.05) is 0 Å². The predicted octanol–water partition coefficient (Wildman–Crippen LogP) is 5.74. The van der Waals surface area contributed by atoms with E-state index >= 15 is 0 Å². The lowest BCUT2D eigenvalue weighted by molar-refractivity contribution is 0.0107. The molecule has 0 saturated carbocycles. The zero-order chi connectivity index (χ0) is 28.9. The van der Waals surface area contributed by atoms with Crippen molar-refractivity contribution in [3.05, 3.63) is 34.9 Å². The van der Waals surface area contributed by atoms with Gasteiger partial charge in [0.2, 0.25) is 0 Å². The number of phenolic OH excluding ortho intramolecular Hbond substituents is 1. The molecule has 0 unspecified atom stereocenters. The number of hydrogen-bond acceptors (Lipinski definition) is 2. The van der Waals surface area contributed by atoms with Crippen molar-refractivity contribution >= 4 is 0 Å². The standard InChI is InChI=1S/C21H30O2/c1-5-6-7-8-15-12-18(22)20-16-11-14(2)9-10-17(16)21(3,4)23-19(20)13-15/h11-13,16-17,22H,5-10H2,1-4H3/t16-,17-/m1/s1/i1D3,5D2,6D2,7D2,8D2,12D,13D,16D. The second-order valence-electron chi connectivity index (χ2n) is 6.42. The van der Waals surface area contributed by atoms with E-state index in [1.807, 2.05) is 0 Å². The third-order valence-corrected chi connectivity index (χ3v) is 4.36. The molecule has 1 aromatic carbocycles. The van der Waals surface area contributed by atoms with Crippen LogP contribution in [0.3, 0.4) is 0 Å². The molecular weight excluding hydrogens is 284 g/mol. The first kappa shape index (κ1) is 6.46. The van der Waals surface area contributed by atoms with Gasteiger partial charge < -0.3 is 9.84 Å². The normalized spacial score (nSPS) is 40.3. The molecule has 1 aromatic rings. The van der Waals surface area contributed by atoms with Crippen LogP contribution in [-0.4, -0.2) is 10.7 Å². The van der Waals surface area contributed by atoms with E-state index in [1.165, 1.54) is 0 Å². The van der Waals surface area contributed by atoms with Crippen LogP contribution in [0.4, 0.5) is 0 Å². The minimum Gasteiger partial charge on any atom is -0.507 e. The Morgan fingerprint density at radius 2 is 2.30 bits per heavy atom. The number of aromatic hydroxyl groups is 1. The first-order valence-corrected chi connectivity index (χ1v) is 7.55. The Balaban J connectivity index is 2.36. The Bertz CT molecular complexity index is 1150. The fourth-order valence-corrected chi connectivity index (χ4v) is 3.30. The Labute approximate surface area is 160 Å². The lowest BCUT2D eigenvalue weighted by Gasteiger charge is -2.46. The Kier molecular flexibility index (Phi) is 1.75. The summed E-state index contributed by atoms with van der Waals surface area (Å²) < 4.78 is 120. The van der Waals surface area contributed by atoms with Gasteiger partial charge in [0.05, 0.1) is 2.74 Å². The van der Waals surface area contributed by atoms with Gasteiger partial charge in [-0.05, 0) is 64.0 Å². The van der Waals surface area contributed by atoms with Crippen molar-refractivity contribution in [2.24, 2.45) is 5.92 Å². The number of fused-ring (bicyclic) bond motifs is 3. The molecule has 0 fully saturated rings. The van der Waals surface area contributed by atoms with E-state index in [1.54, 1.807) is 26.8 Å². The molecule has 2 heteroatoms. The highest BCUT2D eigenvalue weighted by Gasteiger charge is 2.45. The second-order valence-corrected chi connectivity index (χ2v) is 6.42. The molecule has 0 aromatic heterocycles. The lowest BCUT2D eigenvalue weighted by atomic mass is 9.68. The van der Waals surface area contributed by atoms with Crippen LogP contribution in [-0.2, 0) is 6.37 Å². The van der Waals surface area contributed by atoms with Crippen molar-refractivity contribution in [1.29, 1.82) is 0 Å². The number of benzene rings is 1. The SMILES string of the molecule is [2H]c1c(O)c2c(c([2H])c1C([2H])([2H])C([2H])([2H])C([2H])([2H])C([2H])([2H])C([2H])([2H])[2H])OC(C)(C)[C@@H]1CCC(C)=C[C@@]21[2H]. The molecule has 2 aliphatic rings. The summed E-state index contributed by atoms with van der Waals surface area (Å²) >= 11 is 0. The van der Waals surface area contributed by atoms with Crippen LogP contribution in [0.2, 0.25) is 0 Å². The molecule has 2 nitrogen and oxygen atoms in total. The van der Waals surface area contributed by atoms with Crippen LogP contribution in [0.1, 0.15) is 95.8 Å². The average Bonchev–Trinajstić information content (AvgIpc) is 2.69. The molecule has 1 N–H and O–H groups in total. The largest absolute Gasteiger partial charge is 0.507 e. The van der Waals surface area contributed by atoms with Gasteiger partial charge in [-0.3, -0.25) is 0 Å². The Morgan fingerprint density at radius 1 is 1.48 bits per heavy atom. The Morgan fingerprint density at radius 3 is 3.09 bits per heavy atom. The van der Waals surface area contributed by atoms with Crippen molar-refractivity contribution < 1.29 is 29.0 Å². The predicted molar refractivity (Wildman–Crippen MR) is 95.3 cm³/mol. The van der Waals surface area contributed by atoms with E-state index in [2.05, 4.69) is 0 Å². The van der Waals surface area contributed by atoms with Gasteiger partial charge in [0.1, 0.15) is 17.1 Å². The maximum Gasteiger partial charge on any atom is 0.127 e. The van der Waals surface area contributed by atoms with Crippen LogP contribution < -0.4 is 4.74 Å². The molecule has 0 saturated heterocycles. The molecular formula is C21H30O2. The molecule has 1 aliphatic heterocycles. The zero-order valence-electron chi connectivity index (χ0n) is 27.4. The third kappa shape index (κ3) is 3.13. The van der Waals surface area contributed by atoms with E-state index < -0.39 is 78.9 Å². The summed E-state index contributed by atoms with van der Waals surface area (Å²) in [6.45, 7) is 1.41. The average molecular weight is 329 g/mol. The Hall–Kier alpha value is -1.44. The maximum atomic E-state index is 11.1. The lowest BCUT2D eigenvalue weighted by Crippen LogP contribution is -2.45. The number of ether oxygens (including phenoxy) is 1. The molecule has 3 rings (SSSR count). The van der Waals surface area contributed by atoms with Gasteiger partial charge in [0.15, 0.2) is 0 Å². The summed E-state index contributed by atoms with van der Waals surface area (Å²) in [5.41, 5.74) is -1.68. The minimum atomic E-state index is -4.00. The molecule has 2 atom stereocenters. The monoisotopic (exact) mass is 328 g/mol. The third-order valence-electron chi connectivity index (χ3n) is 4.36. The minimum absolute atomic E-state index is 0.258. The van der Waals surface area contributed by atoms with Crippen LogP contribution in [0.15, 0.2) is 23.7 Å². The summed E-state index contributed by atoms with van der Waals surface area (Å²) in [6, 6.07) is -2.00. The maximum absolute atomic E-state index is 11.1. The topological polar surface area (TPSA) is 29.5 Å². The number of allylic oxidation sites excluding steroid dienone is 2. The summed E-state index contributed by atoms with van der Waals surface area (Å²) in [4.78, 5) is 0. The first-order valence-electron chi connectivity index (χ1n) is 14.5. The number of phenols is 1. The summed E-state index contributed by atoms with van der Waals surface area (Å²) in [6.07, 6.45) is -12.8. The molecule has 0 bridgehead atoms.